The van der Waals surface area contributed by atoms with Crippen LogP contribution in [-0.4, -0.2) is 41.7 Å². The van der Waals surface area contributed by atoms with Crippen LogP contribution in [0, 0.1) is 13.8 Å². The first-order valence-corrected chi connectivity index (χ1v) is 11.0. The van der Waals surface area contributed by atoms with Gasteiger partial charge in [-0.3, -0.25) is 4.79 Å². The summed E-state index contributed by atoms with van der Waals surface area (Å²) in [6.07, 6.45) is 3.40. The number of thiocarbonyl (C=S) groups is 1. The molecule has 0 unspecified atom stereocenters. The smallest absolute Gasteiger partial charge is 0.253 e. The van der Waals surface area contributed by atoms with Crippen molar-refractivity contribution in [3.8, 4) is 5.75 Å². The van der Waals surface area contributed by atoms with Gasteiger partial charge in [0.25, 0.3) is 5.91 Å². The summed E-state index contributed by atoms with van der Waals surface area (Å²) in [6, 6.07) is 13.6. The van der Waals surface area contributed by atoms with Crippen molar-refractivity contribution in [2.75, 3.05) is 25.0 Å². The van der Waals surface area contributed by atoms with Gasteiger partial charge in [-0.1, -0.05) is 6.07 Å². The average Bonchev–Trinajstić information content (AvgIpc) is 2.75. The van der Waals surface area contributed by atoms with Gasteiger partial charge in [-0.05, 0) is 99.8 Å². The van der Waals surface area contributed by atoms with E-state index in [-0.39, 0.29) is 11.9 Å². The lowest BCUT2D eigenvalue weighted by molar-refractivity contribution is 0.0724. The fourth-order valence-electron chi connectivity index (χ4n) is 3.43. The van der Waals surface area contributed by atoms with Crippen molar-refractivity contribution in [3.63, 3.8) is 0 Å². The van der Waals surface area contributed by atoms with Crippen LogP contribution in [0.25, 0.3) is 0 Å². The molecule has 160 valence electrons. The lowest BCUT2D eigenvalue weighted by Crippen LogP contribution is -2.39. The van der Waals surface area contributed by atoms with E-state index in [0.717, 1.165) is 42.9 Å². The Morgan fingerprint density at radius 2 is 1.77 bits per heavy atom. The van der Waals surface area contributed by atoms with Crippen molar-refractivity contribution >= 4 is 28.9 Å². The highest BCUT2D eigenvalue weighted by atomic mass is 32.1. The largest absolute Gasteiger partial charge is 0.491 e. The fraction of sp³-hybridized carbons (Fsp3) is 0.417. The van der Waals surface area contributed by atoms with E-state index in [1.54, 1.807) is 0 Å². The van der Waals surface area contributed by atoms with E-state index in [9.17, 15) is 4.79 Å². The molecule has 6 heteroatoms. The normalized spacial score (nSPS) is 14.7. The summed E-state index contributed by atoms with van der Waals surface area (Å²) >= 11 is 5.41. The summed E-state index contributed by atoms with van der Waals surface area (Å²) in [6.45, 7) is 8.41. The van der Waals surface area contributed by atoms with Gasteiger partial charge in [0.2, 0.25) is 0 Å². The maximum Gasteiger partial charge on any atom is 0.253 e. The van der Waals surface area contributed by atoms with Crippen LogP contribution in [0.15, 0.2) is 42.5 Å². The van der Waals surface area contributed by atoms with Crippen molar-refractivity contribution in [3.05, 3.63) is 59.2 Å². The SMILES string of the molecule is Cc1ccc(OC[C@@H](C)NC(=S)Nc2ccc(C(=O)N3CCCCC3)cc2)cc1C. The number of nitrogens with one attached hydrogen (secondary N) is 2. The van der Waals surface area contributed by atoms with Gasteiger partial charge >= 0.3 is 0 Å². The highest BCUT2D eigenvalue weighted by Gasteiger charge is 2.18. The van der Waals surface area contributed by atoms with E-state index in [2.05, 4.69) is 30.5 Å². The van der Waals surface area contributed by atoms with E-state index in [0.29, 0.717) is 11.7 Å². The predicted octanol–water partition coefficient (Wildman–Crippen LogP) is 4.68. The van der Waals surface area contributed by atoms with E-state index >= 15 is 0 Å². The summed E-state index contributed by atoms with van der Waals surface area (Å²) in [5.41, 5.74) is 4.04. The van der Waals surface area contributed by atoms with Crippen molar-refractivity contribution < 1.29 is 9.53 Å². The van der Waals surface area contributed by atoms with Crippen LogP contribution >= 0.6 is 12.2 Å². The number of amides is 1. The zero-order valence-corrected chi connectivity index (χ0v) is 18.8. The number of hydrogen-bond donors (Lipinski definition) is 2. The first-order chi connectivity index (χ1) is 14.4. The molecule has 0 aromatic heterocycles. The molecule has 3 rings (SSSR count). The molecule has 1 atom stereocenters. The van der Waals surface area contributed by atoms with Crippen molar-refractivity contribution in [1.29, 1.82) is 0 Å². The summed E-state index contributed by atoms with van der Waals surface area (Å²) in [5.74, 6) is 0.971. The molecule has 0 bridgehead atoms. The number of carbonyl (C=O) groups is 1. The van der Waals surface area contributed by atoms with Crippen LogP contribution in [0.2, 0.25) is 0 Å². The summed E-state index contributed by atoms with van der Waals surface area (Å²) in [7, 11) is 0. The molecule has 0 saturated carbocycles. The van der Waals surface area contributed by atoms with Gasteiger partial charge in [0.05, 0.1) is 6.04 Å². The lowest BCUT2D eigenvalue weighted by Gasteiger charge is -2.26. The number of hydrogen-bond acceptors (Lipinski definition) is 3. The minimum atomic E-state index is 0.0477. The first kappa shape index (κ1) is 22.1. The number of piperidine rings is 1. The molecule has 2 aromatic rings. The maximum absolute atomic E-state index is 12.6. The molecule has 1 aliphatic rings. The Labute approximate surface area is 184 Å². The second-order valence-electron chi connectivity index (χ2n) is 7.99. The van der Waals surface area contributed by atoms with Crippen LogP contribution in [0.3, 0.4) is 0 Å². The van der Waals surface area contributed by atoms with Crippen LogP contribution < -0.4 is 15.4 Å². The van der Waals surface area contributed by atoms with Crippen LogP contribution in [0.5, 0.6) is 5.75 Å². The number of ether oxygens (including phenoxy) is 1. The van der Waals surface area contributed by atoms with E-state index in [1.165, 1.54) is 17.5 Å². The quantitative estimate of drug-likeness (QED) is 0.658. The summed E-state index contributed by atoms with van der Waals surface area (Å²) in [4.78, 5) is 14.5. The van der Waals surface area contributed by atoms with E-state index in [4.69, 9.17) is 17.0 Å². The molecule has 0 aliphatic carbocycles. The van der Waals surface area contributed by atoms with Crippen LogP contribution in [0.4, 0.5) is 5.69 Å². The number of rotatable bonds is 6. The van der Waals surface area contributed by atoms with Gasteiger partial charge in [-0.25, -0.2) is 0 Å². The molecule has 5 nitrogen and oxygen atoms in total. The Morgan fingerprint density at radius 3 is 2.43 bits per heavy atom. The van der Waals surface area contributed by atoms with Crippen molar-refractivity contribution in [2.24, 2.45) is 0 Å². The topological polar surface area (TPSA) is 53.6 Å². The lowest BCUT2D eigenvalue weighted by atomic mass is 10.1. The summed E-state index contributed by atoms with van der Waals surface area (Å²) < 4.78 is 5.86. The molecule has 1 amide bonds. The van der Waals surface area contributed by atoms with Gasteiger partial charge in [0, 0.05) is 24.3 Å². The Balaban J connectivity index is 1.45. The number of nitrogens with zero attached hydrogens (tertiary/aromatic N) is 1. The van der Waals surface area contributed by atoms with E-state index in [1.807, 2.05) is 48.2 Å². The Kier molecular flexibility index (Phi) is 7.69. The third kappa shape index (κ3) is 6.20. The molecule has 2 aromatic carbocycles. The molecular formula is C24H31N3O2S. The number of carbonyl (C=O) groups excluding carboxylic acids is 1. The van der Waals surface area contributed by atoms with Gasteiger partial charge in [-0.2, -0.15) is 0 Å². The third-order valence-corrected chi connectivity index (χ3v) is 5.61. The Bertz CT molecular complexity index is 877. The third-order valence-electron chi connectivity index (χ3n) is 5.39. The number of aryl methyl sites for hydroxylation is 2. The number of benzene rings is 2. The van der Waals surface area contributed by atoms with Gasteiger partial charge in [-0.15, -0.1) is 0 Å². The first-order valence-electron chi connectivity index (χ1n) is 10.6. The monoisotopic (exact) mass is 425 g/mol. The molecule has 1 fully saturated rings. The zero-order chi connectivity index (χ0) is 21.5. The van der Waals surface area contributed by atoms with Gasteiger partial charge < -0.3 is 20.3 Å². The fourth-order valence-corrected chi connectivity index (χ4v) is 3.75. The minimum absolute atomic E-state index is 0.0477. The van der Waals surface area contributed by atoms with Crippen LogP contribution in [0.1, 0.15) is 47.7 Å². The molecule has 1 heterocycles. The number of anilines is 1. The minimum Gasteiger partial charge on any atom is -0.491 e. The molecule has 1 saturated heterocycles. The van der Waals surface area contributed by atoms with Gasteiger partial charge in [0.1, 0.15) is 12.4 Å². The van der Waals surface area contributed by atoms with Crippen molar-refractivity contribution in [2.45, 2.75) is 46.1 Å². The maximum atomic E-state index is 12.6. The Hall–Kier alpha value is -2.60. The second-order valence-corrected chi connectivity index (χ2v) is 8.40. The van der Waals surface area contributed by atoms with Crippen LogP contribution in [-0.2, 0) is 0 Å². The number of likely N-dealkylation sites (tertiary alicyclic amines) is 1. The predicted molar refractivity (Wildman–Crippen MR) is 126 cm³/mol. The molecule has 0 spiro atoms. The molecular weight excluding hydrogens is 394 g/mol. The van der Waals surface area contributed by atoms with Gasteiger partial charge in [0.15, 0.2) is 5.11 Å². The molecule has 1 aliphatic heterocycles. The average molecular weight is 426 g/mol. The molecule has 0 radical (unpaired) electrons. The zero-order valence-electron chi connectivity index (χ0n) is 18.0. The highest BCUT2D eigenvalue weighted by molar-refractivity contribution is 7.80. The second kappa shape index (κ2) is 10.4. The summed E-state index contributed by atoms with van der Waals surface area (Å²) in [5, 5.41) is 6.94. The molecule has 2 N–H and O–H groups in total. The molecule has 30 heavy (non-hydrogen) atoms. The standard InChI is InChI=1S/C24H31N3O2S/c1-17-7-12-22(15-18(17)2)29-16-19(3)25-24(30)26-21-10-8-20(9-11-21)23(28)27-13-5-4-6-14-27/h7-12,15,19H,4-6,13-14,16H2,1-3H3,(H2,25,26,30)/t19-/m1/s1. The Morgan fingerprint density at radius 1 is 1.07 bits per heavy atom. The highest BCUT2D eigenvalue weighted by Crippen LogP contribution is 2.17. The van der Waals surface area contributed by atoms with E-state index < -0.39 is 0 Å². The van der Waals surface area contributed by atoms with Crippen molar-refractivity contribution in [1.82, 2.24) is 10.2 Å².